The Morgan fingerprint density at radius 3 is 2.71 bits per heavy atom. The summed E-state index contributed by atoms with van der Waals surface area (Å²) in [7, 11) is -3.43. The van der Waals surface area contributed by atoms with E-state index in [1.165, 1.54) is 16.7 Å². The van der Waals surface area contributed by atoms with Crippen LogP contribution in [0.4, 0.5) is 0 Å². The Morgan fingerprint density at radius 1 is 1.06 bits per heavy atom. The third-order valence-corrected chi connectivity index (χ3v) is 8.61. The molecule has 0 radical (unpaired) electrons. The van der Waals surface area contributed by atoms with Crippen LogP contribution < -0.4 is 0 Å². The quantitative estimate of drug-likeness (QED) is 0.588. The molecule has 1 unspecified atom stereocenters. The molecule has 0 spiro atoms. The predicted molar refractivity (Wildman–Crippen MR) is 122 cm³/mol. The molecule has 2 heterocycles. The molecule has 0 amide bonds. The van der Waals surface area contributed by atoms with E-state index in [9.17, 15) is 8.42 Å². The SMILES string of the molecule is Cc1cnc(CC2CCN(S(=O)(=O)c3ccc4c(c3)CCC4)C2)n1Cc1ccccc1. The van der Waals surface area contributed by atoms with Crippen LogP contribution in [-0.2, 0) is 35.8 Å². The minimum Gasteiger partial charge on any atom is -0.328 e. The zero-order valence-corrected chi connectivity index (χ0v) is 18.8. The highest BCUT2D eigenvalue weighted by Gasteiger charge is 2.33. The van der Waals surface area contributed by atoms with Crippen LogP contribution in [0.25, 0.3) is 0 Å². The number of aromatic nitrogens is 2. The number of hydrogen-bond donors (Lipinski definition) is 0. The van der Waals surface area contributed by atoms with Crippen LogP contribution in [0.15, 0.2) is 59.6 Å². The highest BCUT2D eigenvalue weighted by atomic mass is 32.2. The molecule has 5 nitrogen and oxygen atoms in total. The number of sulfonamides is 1. The molecule has 2 aromatic carbocycles. The third-order valence-electron chi connectivity index (χ3n) is 6.75. The topological polar surface area (TPSA) is 55.2 Å². The Bertz CT molecular complexity index is 1180. The van der Waals surface area contributed by atoms with Gasteiger partial charge in [0.25, 0.3) is 0 Å². The second-order valence-corrected chi connectivity index (χ2v) is 10.8. The summed E-state index contributed by atoms with van der Waals surface area (Å²) in [6.45, 7) is 4.03. The third kappa shape index (κ3) is 4.06. The zero-order valence-electron chi connectivity index (χ0n) is 18.0. The molecule has 1 aromatic heterocycles. The fraction of sp³-hybridized carbons (Fsp3) is 0.400. The number of imidazole rings is 1. The van der Waals surface area contributed by atoms with Crippen LogP contribution in [0.2, 0.25) is 0 Å². The van der Waals surface area contributed by atoms with Crippen LogP contribution in [0.3, 0.4) is 0 Å². The van der Waals surface area contributed by atoms with Crippen LogP contribution in [-0.4, -0.2) is 35.4 Å². The van der Waals surface area contributed by atoms with Crippen molar-refractivity contribution in [1.29, 1.82) is 0 Å². The van der Waals surface area contributed by atoms with Gasteiger partial charge < -0.3 is 4.57 Å². The maximum absolute atomic E-state index is 13.2. The van der Waals surface area contributed by atoms with Gasteiger partial charge in [-0.1, -0.05) is 36.4 Å². The number of fused-ring (bicyclic) bond motifs is 1. The molecule has 1 fully saturated rings. The van der Waals surface area contributed by atoms with Crippen molar-refractivity contribution in [2.24, 2.45) is 5.92 Å². The minimum absolute atomic E-state index is 0.292. The van der Waals surface area contributed by atoms with Crippen molar-refractivity contribution < 1.29 is 8.42 Å². The molecule has 3 aromatic rings. The second kappa shape index (κ2) is 8.24. The van der Waals surface area contributed by atoms with Crippen molar-refractivity contribution in [3.63, 3.8) is 0 Å². The zero-order chi connectivity index (χ0) is 21.4. The first-order chi connectivity index (χ1) is 15.0. The molecule has 31 heavy (non-hydrogen) atoms. The number of nitrogens with zero attached hydrogens (tertiary/aromatic N) is 3. The summed E-state index contributed by atoms with van der Waals surface area (Å²) in [4.78, 5) is 5.11. The number of benzene rings is 2. The van der Waals surface area contributed by atoms with Crippen molar-refractivity contribution in [3.8, 4) is 0 Å². The molecular weight excluding hydrogens is 406 g/mol. The van der Waals surface area contributed by atoms with E-state index in [1.807, 2.05) is 24.4 Å². The van der Waals surface area contributed by atoms with Gasteiger partial charge in [0.05, 0.1) is 4.90 Å². The van der Waals surface area contributed by atoms with Gasteiger partial charge in [0.2, 0.25) is 10.0 Å². The summed E-state index contributed by atoms with van der Waals surface area (Å²) < 4.78 is 30.4. The Morgan fingerprint density at radius 2 is 1.87 bits per heavy atom. The molecule has 1 aliphatic heterocycles. The molecule has 1 saturated heterocycles. The van der Waals surface area contributed by atoms with Gasteiger partial charge in [0.15, 0.2) is 0 Å². The molecule has 0 bridgehead atoms. The number of aryl methyl sites for hydroxylation is 3. The average Bonchev–Trinajstić information content (AvgIpc) is 3.51. The number of hydrogen-bond acceptors (Lipinski definition) is 3. The monoisotopic (exact) mass is 435 g/mol. The van der Waals surface area contributed by atoms with Crippen LogP contribution in [0.1, 0.15) is 41.1 Å². The summed E-state index contributed by atoms with van der Waals surface area (Å²) in [6, 6.07) is 16.1. The van der Waals surface area contributed by atoms with Gasteiger partial charge in [-0.15, -0.1) is 0 Å². The van der Waals surface area contributed by atoms with E-state index in [2.05, 4.69) is 40.7 Å². The van der Waals surface area contributed by atoms with Crippen LogP contribution in [0.5, 0.6) is 0 Å². The van der Waals surface area contributed by atoms with Gasteiger partial charge in [0, 0.05) is 37.9 Å². The summed E-state index contributed by atoms with van der Waals surface area (Å²) in [5.41, 5.74) is 4.89. The van der Waals surface area contributed by atoms with E-state index in [-0.39, 0.29) is 0 Å². The van der Waals surface area contributed by atoms with Gasteiger partial charge in [-0.2, -0.15) is 4.31 Å². The molecule has 0 N–H and O–H groups in total. The first-order valence-corrected chi connectivity index (χ1v) is 12.6. The summed E-state index contributed by atoms with van der Waals surface area (Å²) in [6.07, 6.45) is 6.78. The summed E-state index contributed by atoms with van der Waals surface area (Å²) >= 11 is 0. The molecule has 0 saturated carbocycles. The van der Waals surface area contributed by atoms with E-state index in [4.69, 9.17) is 0 Å². The van der Waals surface area contributed by atoms with E-state index in [0.717, 1.165) is 50.2 Å². The summed E-state index contributed by atoms with van der Waals surface area (Å²) in [5.74, 6) is 1.34. The molecular formula is C25H29N3O2S. The Hall–Kier alpha value is -2.44. The Kier molecular flexibility index (Phi) is 5.44. The lowest BCUT2D eigenvalue weighted by Crippen LogP contribution is -2.29. The fourth-order valence-electron chi connectivity index (χ4n) is 4.95. The molecule has 162 valence electrons. The molecule has 5 rings (SSSR count). The molecule has 1 aliphatic carbocycles. The lowest BCUT2D eigenvalue weighted by atomic mass is 10.0. The van der Waals surface area contributed by atoms with E-state index in [1.54, 1.807) is 10.4 Å². The van der Waals surface area contributed by atoms with E-state index >= 15 is 0 Å². The van der Waals surface area contributed by atoms with Crippen molar-refractivity contribution >= 4 is 10.0 Å². The van der Waals surface area contributed by atoms with Crippen molar-refractivity contribution in [1.82, 2.24) is 13.9 Å². The van der Waals surface area contributed by atoms with Crippen molar-refractivity contribution in [2.75, 3.05) is 13.1 Å². The summed E-state index contributed by atoms with van der Waals surface area (Å²) in [5, 5.41) is 0. The average molecular weight is 436 g/mol. The Labute approximate surface area is 184 Å². The molecule has 1 atom stereocenters. The van der Waals surface area contributed by atoms with E-state index in [0.29, 0.717) is 23.9 Å². The van der Waals surface area contributed by atoms with Gasteiger partial charge >= 0.3 is 0 Å². The van der Waals surface area contributed by atoms with Gasteiger partial charge in [0.1, 0.15) is 5.82 Å². The van der Waals surface area contributed by atoms with Gasteiger partial charge in [-0.05, 0) is 67.3 Å². The highest BCUT2D eigenvalue weighted by Crippen LogP contribution is 2.30. The minimum atomic E-state index is -3.43. The standard InChI is InChI=1S/C25H29N3O2S/c1-19-16-26-25(28(19)18-20-6-3-2-4-7-20)14-21-12-13-27(17-21)31(29,30)24-11-10-22-8-5-9-23(22)15-24/h2-4,6-7,10-11,15-16,21H,5,8-9,12-14,17-18H2,1H3. The second-order valence-electron chi connectivity index (χ2n) is 8.89. The first kappa shape index (κ1) is 20.5. The van der Waals surface area contributed by atoms with Gasteiger partial charge in [-0.3, -0.25) is 0 Å². The van der Waals surface area contributed by atoms with E-state index < -0.39 is 10.0 Å². The van der Waals surface area contributed by atoms with Crippen LogP contribution >= 0.6 is 0 Å². The largest absolute Gasteiger partial charge is 0.328 e. The predicted octanol–water partition coefficient (Wildman–Crippen LogP) is 3.98. The first-order valence-electron chi connectivity index (χ1n) is 11.2. The van der Waals surface area contributed by atoms with Gasteiger partial charge in [-0.25, -0.2) is 13.4 Å². The lowest BCUT2D eigenvalue weighted by Gasteiger charge is -2.18. The maximum atomic E-state index is 13.2. The normalized spacial score (nSPS) is 19.1. The molecule has 6 heteroatoms. The fourth-order valence-corrected chi connectivity index (χ4v) is 6.54. The van der Waals surface area contributed by atoms with Crippen LogP contribution in [0, 0.1) is 12.8 Å². The lowest BCUT2D eigenvalue weighted by molar-refractivity contribution is 0.450. The number of rotatable bonds is 6. The maximum Gasteiger partial charge on any atom is 0.243 e. The van der Waals surface area contributed by atoms with Crippen molar-refractivity contribution in [2.45, 2.75) is 50.5 Å². The highest BCUT2D eigenvalue weighted by molar-refractivity contribution is 7.89. The smallest absolute Gasteiger partial charge is 0.243 e. The molecule has 2 aliphatic rings. The Balaban J connectivity index is 1.29. The van der Waals surface area contributed by atoms with Crippen molar-refractivity contribution in [3.05, 3.63) is 82.9 Å².